The van der Waals surface area contributed by atoms with Crippen molar-refractivity contribution in [3.8, 4) is 0 Å². The number of esters is 1. The molecule has 1 aliphatic carbocycles. The largest absolute Gasteiger partial charge is 0.425 e. The number of Topliss-reactive ketones (excluding diaryl/α,β-unsaturated/α-hetero) is 1. The minimum Gasteiger partial charge on any atom is -0.425 e. The summed E-state index contributed by atoms with van der Waals surface area (Å²) in [6, 6.07) is 22.4. The quantitative estimate of drug-likeness (QED) is 0.293. The average Bonchev–Trinajstić information content (AvgIpc) is 2.87. The third-order valence-corrected chi connectivity index (χ3v) is 7.35. The van der Waals surface area contributed by atoms with Crippen molar-refractivity contribution >= 4 is 29.1 Å². The van der Waals surface area contributed by atoms with Crippen molar-refractivity contribution in [2.24, 2.45) is 5.41 Å². The van der Waals surface area contributed by atoms with Gasteiger partial charge in [0.2, 0.25) is 0 Å². The van der Waals surface area contributed by atoms with Crippen molar-refractivity contribution in [3.63, 3.8) is 0 Å². The molecule has 1 unspecified atom stereocenters. The van der Waals surface area contributed by atoms with Crippen molar-refractivity contribution in [1.29, 1.82) is 0 Å². The number of carbonyl (C=O) groups excluding carboxylic acids is 2. The Morgan fingerprint density at radius 1 is 0.912 bits per heavy atom. The molecule has 0 amide bonds. The lowest BCUT2D eigenvalue weighted by Gasteiger charge is -2.46. The predicted molar refractivity (Wildman–Crippen MR) is 130 cm³/mol. The van der Waals surface area contributed by atoms with Gasteiger partial charge in [-0.05, 0) is 30.5 Å². The zero-order chi connectivity index (χ0) is 23.7. The molecule has 3 aromatic carbocycles. The van der Waals surface area contributed by atoms with Crippen LogP contribution in [0.3, 0.4) is 0 Å². The second-order valence-electron chi connectivity index (χ2n) is 9.01. The molecule has 0 saturated heterocycles. The molecule has 172 valence electrons. The highest BCUT2D eigenvalue weighted by Gasteiger charge is 2.55. The first-order valence-electron chi connectivity index (χ1n) is 11.6. The molecule has 1 spiro atoms. The molecular formula is C29H24ClFO3. The predicted octanol–water partition coefficient (Wildman–Crippen LogP) is 7.36. The summed E-state index contributed by atoms with van der Waals surface area (Å²) in [6.07, 6.45) is 3.86. The normalized spacial score (nSPS) is 19.7. The van der Waals surface area contributed by atoms with Gasteiger partial charge in [-0.25, -0.2) is 4.39 Å². The molecule has 5 heteroatoms. The smallest absolute Gasteiger partial charge is 0.318 e. The van der Waals surface area contributed by atoms with Gasteiger partial charge in [0.15, 0.2) is 5.78 Å². The monoisotopic (exact) mass is 474 g/mol. The molecule has 1 heterocycles. The van der Waals surface area contributed by atoms with Crippen LogP contribution in [0.1, 0.15) is 59.5 Å². The van der Waals surface area contributed by atoms with E-state index in [-0.39, 0.29) is 22.5 Å². The van der Waals surface area contributed by atoms with Gasteiger partial charge in [-0.3, -0.25) is 9.59 Å². The fraction of sp³-hybridized carbons (Fsp3) is 0.241. The zero-order valence-corrected chi connectivity index (χ0v) is 19.4. The van der Waals surface area contributed by atoms with Crippen molar-refractivity contribution in [2.75, 3.05) is 0 Å². The van der Waals surface area contributed by atoms with Crippen LogP contribution in [0.2, 0.25) is 5.02 Å². The van der Waals surface area contributed by atoms with E-state index < -0.39 is 17.2 Å². The highest BCUT2D eigenvalue weighted by Crippen LogP contribution is 2.57. The number of hydrogen-bond donors (Lipinski definition) is 0. The summed E-state index contributed by atoms with van der Waals surface area (Å²) in [5.74, 6) is -1.43. The minimum atomic E-state index is -0.933. The first-order chi connectivity index (χ1) is 16.5. The summed E-state index contributed by atoms with van der Waals surface area (Å²) in [7, 11) is 0. The number of hydrogen-bond acceptors (Lipinski definition) is 3. The summed E-state index contributed by atoms with van der Waals surface area (Å²) in [5.41, 5.74) is 1.18. The Kier molecular flexibility index (Phi) is 6.09. The zero-order valence-electron chi connectivity index (χ0n) is 18.6. The number of halogens is 2. The van der Waals surface area contributed by atoms with Crippen molar-refractivity contribution in [2.45, 2.75) is 38.0 Å². The Morgan fingerprint density at radius 2 is 1.56 bits per heavy atom. The first-order valence-corrected chi connectivity index (χ1v) is 12.0. The van der Waals surface area contributed by atoms with Crippen LogP contribution in [0.4, 0.5) is 4.39 Å². The van der Waals surface area contributed by atoms with Gasteiger partial charge >= 0.3 is 5.97 Å². The van der Waals surface area contributed by atoms with E-state index in [2.05, 4.69) is 0 Å². The van der Waals surface area contributed by atoms with Gasteiger partial charge in [0, 0.05) is 22.1 Å². The summed E-state index contributed by atoms with van der Waals surface area (Å²) in [5, 5.41) is 0.204. The molecule has 1 aliphatic heterocycles. The number of ether oxygens (including phenoxy) is 1. The van der Waals surface area contributed by atoms with Crippen molar-refractivity contribution in [3.05, 3.63) is 112 Å². The van der Waals surface area contributed by atoms with Gasteiger partial charge < -0.3 is 4.74 Å². The number of cyclic esters (lactones) is 1. The Balaban J connectivity index is 1.83. The van der Waals surface area contributed by atoms with Gasteiger partial charge in [0.1, 0.15) is 11.6 Å². The topological polar surface area (TPSA) is 43.4 Å². The van der Waals surface area contributed by atoms with Crippen LogP contribution in [-0.2, 0) is 9.53 Å². The second-order valence-corrected chi connectivity index (χ2v) is 9.42. The fourth-order valence-electron chi connectivity index (χ4n) is 5.42. The van der Waals surface area contributed by atoms with Crippen LogP contribution >= 0.6 is 11.6 Å². The molecule has 0 bridgehead atoms. The summed E-state index contributed by atoms with van der Waals surface area (Å²) in [4.78, 5) is 27.8. The lowest BCUT2D eigenvalue weighted by Crippen LogP contribution is -2.45. The fourth-order valence-corrected chi connectivity index (χ4v) is 5.70. The third-order valence-electron chi connectivity index (χ3n) is 7.02. The van der Waals surface area contributed by atoms with E-state index in [9.17, 15) is 14.0 Å². The molecule has 3 nitrogen and oxygen atoms in total. The molecule has 0 N–H and O–H groups in total. The van der Waals surface area contributed by atoms with Crippen LogP contribution in [-0.4, -0.2) is 11.8 Å². The molecular weight excluding hydrogens is 451 g/mol. The minimum absolute atomic E-state index is 0.204. The lowest BCUT2D eigenvalue weighted by atomic mass is 9.59. The molecule has 34 heavy (non-hydrogen) atoms. The number of ketones is 1. The summed E-state index contributed by atoms with van der Waals surface area (Å²) in [6.45, 7) is 0. The molecule has 1 atom stereocenters. The van der Waals surface area contributed by atoms with E-state index in [1.165, 1.54) is 12.1 Å². The number of benzene rings is 3. The van der Waals surface area contributed by atoms with Gasteiger partial charge in [-0.2, -0.15) is 0 Å². The second kappa shape index (κ2) is 9.19. The van der Waals surface area contributed by atoms with Crippen LogP contribution in [0.15, 0.2) is 84.4 Å². The molecule has 0 radical (unpaired) electrons. The first kappa shape index (κ1) is 22.5. The maximum Gasteiger partial charge on any atom is 0.318 e. The maximum absolute atomic E-state index is 14.1. The molecule has 1 saturated carbocycles. The highest BCUT2D eigenvalue weighted by atomic mass is 35.5. The van der Waals surface area contributed by atoms with Crippen LogP contribution in [0, 0.1) is 11.2 Å². The van der Waals surface area contributed by atoms with E-state index >= 15 is 0 Å². The molecule has 3 aromatic rings. The third kappa shape index (κ3) is 3.86. The van der Waals surface area contributed by atoms with Crippen LogP contribution in [0.5, 0.6) is 0 Å². The average molecular weight is 475 g/mol. The molecule has 2 aliphatic rings. The molecule has 1 fully saturated rings. The maximum atomic E-state index is 14.1. The van der Waals surface area contributed by atoms with E-state index in [0.29, 0.717) is 35.1 Å². The van der Waals surface area contributed by atoms with Crippen molar-refractivity contribution in [1.82, 2.24) is 0 Å². The van der Waals surface area contributed by atoms with Crippen molar-refractivity contribution < 1.29 is 18.7 Å². The SMILES string of the molecule is O=C(C1=C(c2ccccc2)OC(=O)C2(CCCCC2)C1c1ccc(F)cc1Cl)c1ccccc1. The Bertz CT molecular complexity index is 1260. The Hall–Kier alpha value is -3.24. The Morgan fingerprint density at radius 3 is 2.21 bits per heavy atom. The summed E-state index contributed by atoms with van der Waals surface area (Å²) >= 11 is 6.60. The number of carbonyl (C=O) groups is 2. The van der Waals surface area contributed by atoms with Gasteiger partial charge in [-0.1, -0.05) is 97.6 Å². The van der Waals surface area contributed by atoms with Crippen LogP contribution in [0.25, 0.3) is 5.76 Å². The van der Waals surface area contributed by atoms with E-state index in [0.717, 1.165) is 19.3 Å². The van der Waals surface area contributed by atoms with E-state index in [4.69, 9.17) is 16.3 Å². The lowest BCUT2D eigenvalue weighted by molar-refractivity contribution is -0.153. The highest BCUT2D eigenvalue weighted by molar-refractivity contribution is 6.31. The number of rotatable bonds is 4. The van der Waals surface area contributed by atoms with E-state index in [1.807, 2.05) is 36.4 Å². The van der Waals surface area contributed by atoms with Gasteiger partial charge in [-0.15, -0.1) is 0 Å². The Labute approximate surface area is 203 Å². The molecule has 0 aromatic heterocycles. The van der Waals surface area contributed by atoms with E-state index in [1.54, 1.807) is 30.3 Å². The van der Waals surface area contributed by atoms with Gasteiger partial charge in [0.05, 0.1) is 11.0 Å². The standard InChI is InChI=1S/C29H24ClFO3/c30-23-18-21(31)14-15-22(23)25-24(26(32)19-10-4-1-5-11-19)27(20-12-6-2-7-13-20)34-28(33)29(25)16-8-3-9-17-29/h1-2,4-7,10-15,18,25H,3,8-9,16-17H2. The molecule has 5 rings (SSSR count). The van der Waals surface area contributed by atoms with Gasteiger partial charge in [0.25, 0.3) is 0 Å². The van der Waals surface area contributed by atoms with Crippen LogP contribution < -0.4 is 0 Å². The number of allylic oxidation sites excluding steroid dienone is 1. The summed E-state index contributed by atoms with van der Waals surface area (Å²) < 4.78 is 20.1.